The Hall–Kier alpha value is -0.940. The van der Waals surface area contributed by atoms with Gasteiger partial charge in [0.2, 0.25) is 11.8 Å². The number of nitrogens with one attached hydrogen (secondary N) is 1. The minimum absolute atomic E-state index is 0.0357. The molecule has 0 bridgehead atoms. The van der Waals surface area contributed by atoms with Crippen molar-refractivity contribution >= 4 is 11.8 Å². The van der Waals surface area contributed by atoms with Gasteiger partial charge >= 0.3 is 0 Å². The molecule has 0 spiro atoms. The number of imide groups is 1. The van der Waals surface area contributed by atoms with Crippen molar-refractivity contribution in [2.45, 2.75) is 46.1 Å². The van der Waals surface area contributed by atoms with Crippen molar-refractivity contribution in [1.82, 2.24) is 10.2 Å². The number of amides is 2. The molecule has 2 aliphatic heterocycles. The number of ether oxygens (including phenoxy) is 1. The van der Waals surface area contributed by atoms with Gasteiger partial charge < -0.3 is 10.1 Å². The highest BCUT2D eigenvalue weighted by atomic mass is 16.5. The zero-order chi connectivity index (χ0) is 14.8. The minimum atomic E-state index is -0.536. The molecule has 1 unspecified atom stereocenters. The lowest BCUT2D eigenvalue weighted by atomic mass is 9.78. The van der Waals surface area contributed by atoms with E-state index in [2.05, 4.69) is 5.32 Å². The maximum absolute atomic E-state index is 12.4. The van der Waals surface area contributed by atoms with Gasteiger partial charge in [0, 0.05) is 6.42 Å². The summed E-state index contributed by atoms with van der Waals surface area (Å²) in [5, 5.41) is 3.28. The van der Waals surface area contributed by atoms with E-state index in [0.29, 0.717) is 19.6 Å². The van der Waals surface area contributed by atoms with Crippen LogP contribution in [0.25, 0.3) is 0 Å². The van der Waals surface area contributed by atoms with Crippen molar-refractivity contribution in [3.05, 3.63) is 0 Å². The van der Waals surface area contributed by atoms with Crippen molar-refractivity contribution in [2.24, 2.45) is 11.3 Å². The lowest BCUT2D eigenvalue weighted by molar-refractivity contribution is -0.143. The molecule has 0 aromatic heterocycles. The van der Waals surface area contributed by atoms with Crippen LogP contribution in [0.5, 0.6) is 0 Å². The van der Waals surface area contributed by atoms with Gasteiger partial charge in [-0.05, 0) is 38.8 Å². The Morgan fingerprint density at radius 2 is 2.00 bits per heavy atom. The molecule has 0 radical (unpaired) electrons. The van der Waals surface area contributed by atoms with Crippen LogP contribution in [0, 0.1) is 11.3 Å². The zero-order valence-electron chi connectivity index (χ0n) is 12.8. The van der Waals surface area contributed by atoms with Crippen LogP contribution in [-0.4, -0.2) is 49.1 Å². The summed E-state index contributed by atoms with van der Waals surface area (Å²) >= 11 is 0. The lowest BCUT2D eigenvalue weighted by Gasteiger charge is -2.27. The van der Waals surface area contributed by atoms with E-state index in [-0.39, 0.29) is 23.8 Å². The second kappa shape index (κ2) is 6.22. The summed E-state index contributed by atoms with van der Waals surface area (Å²) in [5.74, 6) is 0.0841. The molecule has 114 valence electrons. The van der Waals surface area contributed by atoms with Crippen molar-refractivity contribution in [3.63, 3.8) is 0 Å². The Bertz CT molecular complexity index is 377. The lowest BCUT2D eigenvalue weighted by Crippen LogP contribution is -2.39. The first-order valence-corrected chi connectivity index (χ1v) is 7.62. The summed E-state index contributed by atoms with van der Waals surface area (Å²) in [6.07, 6.45) is 2.61. The van der Waals surface area contributed by atoms with Crippen molar-refractivity contribution < 1.29 is 14.3 Å². The predicted octanol–water partition coefficient (Wildman–Crippen LogP) is 1.18. The predicted molar refractivity (Wildman–Crippen MR) is 76.1 cm³/mol. The SMILES string of the molecule is CC(C)C1(C)CC(=O)N(CCOC2CCNCC2)C1=O. The van der Waals surface area contributed by atoms with Crippen molar-refractivity contribution in [3.8, 4) is 0 Å². The zero-order valence-corrected chi connectivity index (χ0v) is 12.8. The van der Waals surface area contributed by atoms with Crippen molar-refractivity contribution in [2.75, 3.05) is 26.2 Å². The van der Waals surface area contributed by atoms with E-state index in [0.717, 1.165) is 25.9 Å². The highest BCUT2D eigenvalue weighted by molar-refractivity contribution is 6.05. The van der Waals surface area contributed by atoms with Crippen molar-refractivity contribution in [1.29, 1.82) is 0 Å². The summed E-state index contributed by atoms with van der Waals surface area (Å²) in [7, 11) is 0. The largest absolute Gasteiger partial charge is 0.376 e. The second-order valence-corrected chi connectivity index (χ2v) is 6.42. The van der Waals surface area contributed by atoms with Crippen LogP contribution >= 0.6 is 0 Å². The Morgan fingerprint density at radius 1 is 1.35 bits per heavy atom. The van der Waals surface area contributed by atoms with Crippen LogP contribution in [0.4, 0.5) is 0 Å². The van der Waals surface area contributed by atoms with Crippen LogP contribution in [0.1, 0.15) is 40.0 Å². The third-order valence-electron chi connectivity index (χ3n) is 4.78. The van der Waals surface area contributed by atoms with E-state index in [1.165, 1.54) is 4.90 Å². The molecule has 2 aliphatic rings. The van der Waals surface area contributed by atoms with Gasteiger partial charge in [-0.25, -0.2) is 0 Å². The Balaban J connectivity index is 1.83. The van der Waals surface area contributed by atoms with Gasteiger partial charge in [0.15, 0.2) is 0 Å². The second-order valence-electron chi connectivity index (χ2n) is 6.42. The molecule has 0 aromatic carbocycles. The fourth-order valence-corrected chi connectivity index (χ4v) is 2.86. The molecule has 2 fully saturated rings. The average Bonchev–Trinajstić information content (AvgIpc) is 2.64. The van der Waals surface area contributed by atoms with Crippen LogP contribution in [-0.2, 0) is 14.3 Å². The van der Waals surface area contributed by atoms with Crippen LogP contribution in [0.15, 0.2) is 0 Å². The molecular weight excluding hydrogens is 256 g/mol. The van der Waals surface area contributed by atoms with E-state index >= 15 is 0 Å². The third-order valence-corrected chi connectivity index (χ3v) is 4.78. The normalized spacial score (nSPS) is 28.7. The van der Waals surface area contributed by atoms with Gasteiger partial charge in [0.05, 0.1) is 24.7 Å². The Morgan fingerprint density at radius 3 is 2.55 bits per heavy atom. The molecule has 20 heavy (non-hydrogen) atoms. The molecule has 5 heteroatoms. The quantitative estimate of drug-likeness (QED) is 0.769. The number of hydrogen-bond donors (Lipinski definition) is 1. The van der Waals surface area contributed by atoms with E-state index in [4.69, 9.17) is 4.74 Å². The van der Waals surface area contributed by atoms with E-state index in [1.54, 1.807) is 0 Å². The molecule has 2 saturated heterocycles. The number of piperidine rings is 1. The standard InChI is InChI=1S/C15H26N2O3/c1-11(2)15(3)10-13(18)17(14(15)19)8-9-20-12-4-6-16-7-5-12/h11-12,16H,4-10H2,1-3H3. The number of likely N-dealkylation sites (tertiary alicyclic amines) is 1. The van der Waals surface area contributed by atoms with Gasteiger partial charge in [0.25, 0.3) is 0 Å². The molecule has 1 atom stereocenters. The van der Waals surface area contributed by atoms with Gasteiger partial charge in [0.1, 0.15) is 0 Å². The van der Waals surface area contributed by atoms with Gasteiger partial charge in [-0.15, -0.1) is 0 Å². The number of rotatable bonds is 5. The van der Waals surface area contributed by atoms with E-state index < -0.39 is 5.41 Å². The molecule has 1 N–H and O–H groups in total. The topological polar surface area (TPSA) is 58.6 Å². The fraction of sp³-hybridized carbons (Fsp3) is 0.867. The molecule has 0 aromatic rings. The monoisotopic (exact) mass is 282 g/mol. The summed E-state index contributed by atoms with van der Waals surface area (Å²) in [6, 6.07) is 0. The summed E-state index contributed by atoms with van der Waals surface area (Å²) in [4.78, 5) is 25.8. The number of hydrogen-bond acceptors (Lipinski definition) is 4. The Labute approximate surface area is 121 Å². The molecule has 0 saturated carbocycles. The highest BCUT2D eigenvalue weighted by Crippen LogP contribution is 2.39. The Kier molecular flexibility index (Phi) is 4.81. The van der Waals surface area contributed by atoms with Gasteiger partial charge in [-0.2, -0.15) is 0 Å². The molecule has 0 aliphatic carbocycles. The first-order chi connectivity index (χ1) is 9.45. The molecular formula is C15H26N2O3. The van der Waals surface area contributed by atoms with Gasteiger partial charge in [-0.3, -0.25) is 14.5 Å². The van der Waals surface area contributed by atoms with Gasteiger partial charge in [-0.1, -0.05) is 13.8 Å². The maximum atomic E-state index is 12.4. The number of carbonyl (C=O) groups excluding carboxylic acids is 2. The smallest absolute Gasteiger partial charge is 0.235 e. The van der Waals surface area contributed by atoms with Crippen LogP contribution < -0.4 is 5.32 Å². The fourth-order valence-electron chi connectivity index (χ4n) is 2.86. The van der Waals surface area contributed by atoms with Crippen LogP contribution in [0.3, 0.4) is 0 Å². The van der Waals surface area contributed by atoms with E-state index in [9.17, 15) is 9.59 Å². The number of carbonyl (C=O) groups is 2. The number of nitrogens with zero attached hydrogens (tertiary/aromatic N) is 1. The minimum Gasteiger partial charge on any atom is -0.376 e. The summed E-state index contributed by atoms with van der Waals surface area (Å²) in [6.45, 7) is 8.71. The van der Waals surface area contributed by atoms with Crippen LogP contribution in [0.2, 0.25) is 0 Å². The average molecular weight is 282 g/mol. The molecule has 5 nitrogen and oxygen atoms in total. The molecule has 2 amide bonds. The third kappa shape index (κ3) is 3.04. The maximum Gasteiger partial charge on any atom is 0.235 e. The summed E-state index contributed by atoms with van der Waals surface area (Å²) in [5.41, 5.74) is -0.536. The first-order valence-electron chi connectivity index (χ1n) is 7.62. The molecule has 2 rings (SSSR count). The summed E-state index contributed by atoms with van der Waals surface area (Å²) < 4.78 is 5.78. The first kappa shape index (κ1) is 15.4. The van der Waals surface area contributed by atoms with E-state index in [1.807, 2.05) is 20.8 Å². The highest BCUT2D eigenvalue weighted by Gasteiger charge is 2.49. The molecule has 2 heterocycles.